The van der Waals surface area contributed by atoms with E-state index in [2.05, 4.69) is 21.4 Å². The van der Waals surface area contributed by atoms with Crippen LogP contribution in [0.3, 0.4) is 0 Å². The summed E-state index contributed by atoms with van der Waals surface area (Å²) in [4.78, 5) is 37.9. The summed E-state index contributed by atoms with van der Waals surface area (Å²) in [7, 11) is 0. The average Bonchev–Trinajstić information content (AvgIpc) is 3.33. The van der Waals surface area contributed by atoms with Crippen LogP contribution in [0.1, 0.15) is 12.5 Å². The molecule has 0 aliphatic carbocycles. The summed E-state index contributed by atoms with van der Waals surface area (Å²) in [5.74, 6) is -0.0494. The SMILES string of the molecule is CCn1c(SCC(=O)Nc2nc3ccc(C)cc3s2)nc2c([nH]c3ccccc32)c1=O. The summed E-state index contributed by atoms with van der Waals surface area (Å²) < 4.78 is 2.63. The highest BCUT2D eigenvalue weighted by Gasteiger charge is 2.16. The molecule has 0 unspecified atom stereocenters. The molecule has 9 heteroatoms. The second kappa shape index (κ2) is 7.82. The van der Waals surface area contributed by atoms with Gasteiger partial charge in [-0.1, -0.05) is 47.4 Å². The van der Waals surface area contributed by atoms with Crippen LogP contribution in [0.5, 0.6) is 0 Å². The maximum atomic E-state index is 13.0. The van der Waals surface area contributed by atoms with E-state index in [1.165, 1.54) is 23.1 Å². The van der Waals surface area contributed by atoms with Gasteiger partial charge in [0, 0.05) is 17.4 Å². The Balaban J connectivity index is 1.40. The first-order valence-corrected chi connectivity index (χ1v) is 11.6. The zero-order valence-electron chi connectivity index (χ0n) is 16.9. The molecule has 5 rings (SSSR count). The fourth-order valence-electron chi connectivity index (χ4n) is 3.54. The van der Waals surface area contributed by atoms with E-state index in [1.54, 1.807) is 4.57 Å². The Labute approximate surface area is 185 Å². The number of H-pyrrole nitrogens is 1. The van der Waals surface area contributed by atoms with E-state index in [4.69, 9.17) is 4.98 Å². The van der Waals surface area contributed by atoms with Gasteiger partial charge in [0.2, 0.25) is 5.91 Å². The normalized spacial score (nSPS) is 11.5. The second-order valence-corrected chi connectivity index (χ2v) is 9.14. The minimum absolute atomic E-state index is 0.131. The third-order valence-electron chi connectivity index (χ3n) is 5.01. The Morgan fingerprint density at radius 3 is 2.90 bits per heavy atom. The van der Waals surface area contributed by atoms with Crippen molar-refractivity contribution in [1.29, 1.82) is 0 Å². The summed E-state index contributed by atoms with van der Waals surface area (Å²) in [5.41, 5.74) is 3.88. The zero-order chi connectivity index (χ0) is 21.5. The Morgan fingerprint density at radius 2 is 2.06 bits per heavy atom. The number of carbonyl (C=O) groups is 1. The highest BCUT2D eigenvalue weighted by molar-refractivity contribution is 7.99. The van der Waals surface area contributed by atoms with Gasteiger partial charge < -0.3 is 10.3 Å². The van der Waals surface area contributed by atoms with Crippen LogP contribution in [0.25, 0.3) is 32.2 Å². The first-order chi connectivity index (χ1) is 15.0. The number of carbonyl (C=O) groups excluding carboxylic acids is 1. The monoisotopic (exact) mass is 449 g/mol. The number of aromatic nitrogens is 4. The number of hydrogen-bond donors (Lipinski definition) is 2. The van der Waals surface area contributed by atoms with Crippen LogP contribution >= 0.6 is 23.1 Å². The van der Waals surface area contributed by atoms with Crippen molar-refractivity contribution >= 4 is 66.3 Å². The maximum absolute atomic E-state index is 13.0. The number of nitrogens with zero attached hydrogens (tertiary/aromatic N) is 3. The van der Waals surface area contributed by atoms with E-state index in [-0.39, 0.29) is 17.2 Å². The van der Waals surface area contributed by atoms with Crippen molar-refractivity contribution in [1.82, 2.24) is 19.5 Å². The van der Waals surface area contributed by atoms with Gasteiger partial charge >= 0.3 is 0 Å². The molecule has 0 radical (unpaired) electrons. The Hall–Kier alpha value is -3.17. The lowest BCUT2D eigenvalue weighted by Gasteiger charge is -2.09. The standard InChI is InChI=1S/C22H19N5O2S2/c1-3-27-20(29)19-18(13-6-4-5-7-14(13)23-19)26-22(27)30-11-17(28)25-21-24-15-9-8-12(2)10-16(15)31-21/h4-10,23H,3,11H2,1-2H3,(H,24,25,28). The molecule has 0 aliphatic rings. The van der Waals surface area contributed by atoms with Gasteiger partial charge in [0.25, 0.3) is 5.56 Å². The summed E-state index contributed by atoms with van der Waals surface area (Å²) in [5, 5.41) is 4.85. The first kappa shape index (κ1) is 19.8. The predicted molar refractivity (Wildman–Crippen MR) is 127 cm³/mol. The molecule has 2 N–H and O–H groups in total. The highest BCUT2D eigenvalue weighted by atomic mass is 32.2. The van der Waals surface area contributed by atoms with Crippen LogP contribution in [-0.2, 0) is 11.3 Å². The van der Waals surface area contributed by atoms with Crippen LogP contribution in [0.4, 0.5) is 5.13 Å². The third kappa shape index (κ3) is 3.60. The van der Waals surface area contributed by atoms with E-state index < -0.39 is 0 Å². The van der Waals surface area contributed by atoms with Gasteiger partial charge in [-0.2, -0.15) is 0 Å². The molecule has 2 aromatic carbocycles. The van der Waals surface area contributed by atoms with E-state index in [0.29, 0.717) is 27.9 Å². The molecule has 0 aliphatic heterocycles. The van der Waals surface area contributed by atoms with Gasteiger partial charge in [0.05, 0.1) is 16.0 Å². The number of rotatable bonds is 5. The molecule has 3 aromatic heterocycles. The molecule has 31 heavy (non-hydrogen) atoms. The van der Waals surface area contributed by atoms with Gasteiger partial charge in [-0.3, -0.25) is 14.2 Å². The van der Waals surface area contributed by atoms with Crippen LogP contribution in [0.2, 0.25) is 0 Å². The van der Waals surface area contributed by atoms with Crippen LogP contribution < -0.4 is 10.9 Å². The molecule has 0 atom stereocenters. The molecular formula is C22H19N5O2S2. The number of para-hydroxylation sites is 1. The molecule has 0 fully saturated rings. The Bertz CT molecular complexity index is 1520. The molecular weight excluding hydrogens is 430 g/mol. The predicted octanol–water partition coefficient (Wildman–Crippen LogP) is 4.55. The second-order valence-electron chi connectivity index (χ2n) is 7.17. The first-order valence-electron chi connectivity index (χ1n) is 9.84. The number of aromatic amines is 1. The van der Waals surface area contributed by atoms with Gasteiger partial charge in [-0.05, 0) is 37.6 Å². The molecule has 0 saturated carbocycles. The van der Waals surface area contributed by atoms with Crippen molar-refractivity contribution in [3.63, 3.8) is 0 Å². The molecule has 156 valence electrons. The fraction of sp³-hybridized carbons (Fsp3) is 0.182. The summed E-state index contributed by atoms with van der Waals surface area (Å²) in [6, 6.07) is 13.7. The zero-order valence-corrected chi connectivity index (χ0v) is 18.6. The van der Waals surface area contributed by atoms with Crippen LogP contribution in [0, 0.1) is 6.92 Å². The summed E-state index contributed by atoms with van der Waals surface area (Å²) in [6.07, 6.45) is 0. The molecule has 0 spiro atoms. The number of thioether (sulfide) groups is 1. The molecule has 5 aromatic rings. The number of hydrogen-bond acceptors (Lipinski definition) is 6. The average molecular weight is 450 g/mol. The van der Waals surface area contributed by atoms with Crippen molar-refractivity contribution in [2.24, 2.45) is 0 Å². The molecule has 0 bridgehead atoms. The summed E-state index contributed by atoms with van der Waals surface area (Å²) in [6.45, 7) is 4.39. The number of benzene rings is 2. The maximum Gasteiger partial charge on any atom is 0.278 e. The number of thiazole rings is 1. The lowest BCUT2D eigenvalue weighted by molar-refractivity contribution is -0.113. The number of nitrogens with one attached hydrogen (secondary N) is 2. The minimum atomic E-state index is -0.184. The number of amides is 1. The number of anilines is 1. The minimum Gasteiger partial charge on any atom is -0.349 e. The third-order valence-corrected chi connectivity index (χ3v) is 6.92. The van der Waals surface area contributed by atoms with E-state index in [1.807, 2.05) is 50.2 Å². The fourth-order valence-corrected chi connectivity index (χ4v) is 5.37. The molecule has 0 saturated heterocycles. The van der Waals surface area contributed by atoms with Gasteiger partial charge in [0.1, 0.15) is 11.0 Å². The highest BCUT2D eigenvalue weighted by Crippen LogP contribution is 2.28. The smallest absolute Gasteiger partial charge is 0.278 e. The molecule has 3 heterocycles. The lowest BCUT2D eigenvalue weighted by Crippen LogP contribution is -2.23. The van der Waals surface area contributed by atoms with Crippen molar-refractivity contribution in [2.75, 3.05) is 11.1 Å². The largest absolute Gasteiger partial charge is 0.349 e. The van der Waals surface area contributed by atoms with Crippen molar-refractivity contribution in [3.8, 4) is 0 Å². The van der Waals surface area contributed by atoms with Gasteiger partial charge in [-0.25, -0.2) is 9.97 Å². The van der Waals surface area contributed by atoms with E-state index >= 15 is 0 Å². The van der Waals surface area contributed by atoms with Crippen molar-refractivity contribution < 1.29 is 4.79 Å². The van der Waals surface area contributed by atoms with Crippen LogP contribution in [0.15, 0.2) is 52.4 Å². The van der Waals surface area contributed by atoms with Crippen LogP contribution in [-0.4, -0.2) is 31.2 Å². The lowest BCUT2D eigenvalue weighted by atomic mass is 10.2. The summed E-state index contributed by atoms with van der Waals surface area (Å²) >= 11 is 2.70. The molecule has 1 amide bonds. The number of aryl methyl sites for hydroxylation is 1. The topological polar surface area (TPSA) is 92.7 Å². The van der Waals surface area contributed by atoms with Gasteiger partial charge in [-0.15, -0.1) is 0 Å². The van der Waals surface area contributed by atoms with Crippen molar-refractivity contribution in [3.05, 3.63) is 58.4 Å². The van der Waals surface area contributed by atoms with E-state index in [9.17, 15) is 9.59 Å². The Kier molecular flexibility index (Phi) is 4.99. The van der Waals surface area contributed by atoms with E-state index in [0.717, 1.165) is 26.7 Å². The molecule has 7 nitrogen and oxygen atoms in total. The quantitative estimate of drug-likeness (QED) is 0.303. The Morgan fingerprint density at radius 1 is 1.23 bits per heavy atom. The van der Waals surface area contributed by atoms with Crippen molar-refractivity contribution in [2.45, 2.75) is 25.5 Å². The van der Waals surface area contributed by atoms with Gasteiger partial charge in [0.15, 0.2) is 10.3 Å². The number of fused-ring (bicyclic) bond motifs is 4.